The average molecular weight is 374 g/mol. The van der Waals surface area contributed by atoms with Crippen LogP contribution in [0, 0.1) is 30.9 Å². The van der Waals surface area contributed by atoms with Crippen LogP contribution in [0.3, 0.4) is 0 Å². The highest BCUT2D eigenvalue weighted by molar-refractivity contribution is 6.23. The van der Waals surface area contributed by atoms with E-state index in [1.165, 1.54) is 0 Å². The zero-order chi connectivity index (χ0) is 20.3. The molecule has 0 saturated carbocycles. The molecule has 7 nitrogen and oxygen atoms in total. The number of carbonyl (C=O) groups excluding carboxylic acids is 1. The predicted molar refractivity (Wildman–Crippen MR) is 103 cm³/mol. The molecule has 1 aromatic rings. The van der Waals surface area contributed by atoms with Gasteiger partial charge in [-0.15, -0.1) is 0 Å². The molecule has 0 fully saturated rings. The number of allylic oxidation sites excluding steroid dienone is 2. The molecule has 0 saturated heterocycles. The Bertz CT molecular complexity index is 839. The number of aliphatic hydroxyl groups excluding tert-OH is 1. The Morgan fingerprint density at radius 3 is 2.48 bits per heavy atom. The van der Waals surface area contributed by atoms with Gasteiger partial charge in [-0.2, -0.15) is 0 Å². The highest BCUT2D eigenvalue weighted by atomic mass is 16.6. The van der Waals surface area contributed by atoms with Crippen molar-refractivity contribution in [2.45, 2.75) is 59.8 Å². The van der Waals surface area contributed by atoms with Gasteiger partial charge in [0.05, 0.1) is 16.2 Å². The molecule has 0 spiro atoms. The highest BCUT2D eigenvalue weighted by Crippen LogP contribution is 2.40. The SMILES string of the molecule is CCON=C(CC)C1=C(O)CC(c2c(C)cc(C)c([N+](=O)[O-])c2C)CC1=O. The topological polar surface area (TPSA) is 102 Å². The number of carbonyl (C=O) groups is 1. The van der Waals surface area contributed by atoms with Gasteiger partial charge >= 0.3 is 0 Å². The zero-order valence-electron chi connectivity index (χ0n) is 16.5. The Balaban J connectivity index is 2.50. The van der Waals surface area contributed by atoms with Crippen molar-refractivity contribution in [3.8, 4) is 0 Å². The van der Waals surface area contributed by atoms with Gasteiger partial charge in [0.25, 0.3) is 5.69 Å². The van der Waals surface area contributed by atoms with Gasteiger partial charge in [0.1, 0.15) is 12.4 Å². The van der Waals surface area contributed by atoms with Gasteiger partial charge in [-0.1, -0.05) is 12.1 Å². The highest BCUT2D eigenvalue weighted by Gasteiger charge is 2.34. The van der Waals surface area contributed by atoms with Crippen LogP contribution in [-0.2, 0) is 9.63 Å². The van der Waals surface area contributed by atoms with Crippen LogP contribution in [0.25, 0.3) is 0 Å². The number of ketones is 1. The number of aliphatic hydroxyl groups is 1. The van der Waals surface area contributed by atoms with Crippen molar-refractivity contribution in [3.63, 3.8) is 0 Å². The van der Waals surface area contributed by atoms with Gasteiger partial charge in [-0.05, 0) is 57.2 Å². The molecule has 27 heavy (non-hydrogen) atoms. The summed E-state index contributed by atoms with van der Waals surface area (Å²) < 4.78 is 0. The van der Waals surface area contributed by atoms with Crippen molar-refractivity contribution in [1.29, 1.82) is 0 Å². The molecular weight excluding hydrogens is 348 g/mol. The molecule has 1 aliphatic carbocycles. The van der Waals surface area contributed by atoms with E-state index < -0.39 is 0 Å². The third-order valence-electron chi connectivity index (χ3n) is 4.95. The molecular formula is C20H26N2O5. The standard InChI is InChI=1S/C20H26N2O5/c1-6-15(21-27-7-2)19-16(23)9-14(10-17(19)24)18-11(3)8-12(4)20(13(18)5)22(25)26/h8,14,23H,6-7,9-10H2,1-5H3. The number of benzene rings is 1. The molecule has 1 N–H and O–H groups in total. The van der Waals surface area contributed by atoms with Crippen molar-refractivity contribution < 1.29 is 19.7 Å². The van der Waals surface area contributed by atoms with E-state index in [0.29, 0.717) is 29.9 Å². The van der Waals surface area contributed by atoms with E-state index in [-0.39, 0.29) is 46.5 Å². The zero-order valence-corrected chi connectivity index (χ0v) is 16.5. The number of nitro benzene ring substituents is 1. The number of aryl methyl sites for hydroxylation is 2. The first kappa shape index (κ1) is 20.6. The summed E-state index contributed by atoms with van der Waals surface area (Å²) in [5.74, 6) is -0.546. The molecule has 0 bridgehead atoms. The Hall–Kier alpha value is -2.70. The second kappa shape index (κ2) is 8.33. The minimum atomic E-state index is -0.386. The summed E-state index contributed by atoms with van der Waals surface area (Å²) in [7, 11) is 0. The van der Waals surface area contributed by atoms with Crippen LogP contribution < -0.4 is 0 Å². The molecule has 1 aliphatic rings. The Morgan fingerprint density at radius 2 is 1.96 bits per heavy atom. The summed E-state index contributed by atoms with van der Waals surface area (Å²) in [6, 6.07) is 1.77. The second-order valence-corrected chi connectivity index (χ2v) is 6.81. The summed E-state index contributed by atoms with van der Waals surface area (Å²) in [5, 5.41) is 26.0. The lowest BCUT2D eigenvalue weighted by Gasteiger charge is -2.27. The number of Topliss-reactive ketones (excluding diaryl/α,β-unsaturated/α-hetero) is 1. The minimum Gasteiger partial charge on any atom is -0.511 e. The molecule has 7 heteroatoms. The lowest BCUT2D eigenvalue weighted by molar-refractivity contribution is -0.386. The summed E-state index contributed by atoms with van der Waals surface area (Å²) in [6.45, 7) is 9.31. The molecule has 0 amide bonds. The Kier molecular flexibility index (Phi) is 6.36. The van der Waals surface area contributed by atoms with E-state index in [0.717, 1.165) is 11.1 Å². The summed E-state index contributed by atoms with van der Waals surface area (Å²) in [4.78, 5) is 28.9. The molecule has 2 rings (SSSR count). The number of hydrogen-bond donors (Lipinski definition) is 1. The molecule has 1 unspecified atom stereocenters. The summed E-state index contributed by atoms with van der Waals surface area (Å²) in [5.41, 5.74) is 3.54. The Morgan fingerprint density at radius 1 is 1.30 bits per heavy atom. The van der Waals surface area contributed by atoms with Crippen molar-refractivity contribution in [2.24, 2.45) is 5.16 Å². The van der Waals surface area contributed by atoms with Crippen LogP contribution >= 0.6 is 0 Å². The maximum Gasteiger partial charge on any atom is 0.275 e. The van der Waals surface area contributed by atoms with Crippen molar-refractivity contribution in [1.82, 2.24) is 0 Å². The first-order valence-electron chi connectivity index (χ1n) is 9.12. The van der Waals surface area contributed by atoms with E-state index in [1.54, 1.807) is 26.8 Å². The lowest BCUT2D eigenvalue weighted by Crippen LogP contribution is -2.24. The van der Waals surface area contributed by atoms with Gasteiger partial charge in [0.2, 0.25) is 0 Å². The molecule has 0 aromatic heterocycles. The fourth-order valence-corrected chi connectivity index (χ4v) is 3.95. The third-order valence-corrected chi connectivity index (χ3v) is 4.95. The number of hydrogen-bond acceptors (Lipinski definition) is 6. The first-order chi connectivity index (χ1) is 12.7. The molecule has 146 valence electrons. The van der Waals surface area contributed by atoms with Crippen LogP contribution in [0.4, 0.5) is 5.69 Å². The summed E-state index contributed by atoms with van der Waals surface area (Å²) in [6.07, 6.45) is 0.879. The average Bonchev–Trinajstić information content (AvgIpc) is 2.56. The number of oxime groups is 1. The maximum absolute atomic E-state index is 12.8. The van der Waals surface area contributed by atoms with Crippen LogP contribution in [0.2, 0.25) is 0 Å². The van der Waals surface area contributed by atoms with Gasteiger partial charge in [-0.25, -0.2) is 0 Å². The molecule has 1 aromatic carbocycles. The minimum absolute atomic E-state index is 0.0291. The fraction of sp³-hybridized carbons (Fsp3) is 0.500. The summed E-state index contributed by atoms with van der Waals surface area (Å²) >= 11 is 0. The van der Waals surface area contributed by atoms with Gasteiger partial charge in [0, 0.05) is 24.0 Å². The van der Waals surface area contributed by atoms with Crippen LogP contribution in [-0.4, -0.2) is 28.1 Å². The third kappa shape index (κ3) is 4.02. The maximum atomic E-state index is 12.8. The monoisotopic (exact) mass is 374 g/mol. The number of rotatable bonds is 6. The predicted octanol–water partition coefficient (Wildman–Crippen LogP) is 4.58. The number of nitro groups is 1. The van der Waals surface area contributed by atoms with Crippen LogP contribution in [0.15, 0.2) is 22.6 Å². The van der Waals surface area contributed by atoms with Gasteiger partial charge in [0.15, 0.2) is 5.78 Å². The second-order valence-electron chi connectivity index (χ2n) is 6.81. The number of nitrogens with zero attached hydrogens (tertiary/aromatic N) is 2. The largest absolute Gasteiger partial charge is 0.511 e. The first-order valence-corrected chi connectivity index (χ1v) is 9.12. The molecule has 0 heterocycles. The van der Waals surface area contributed by atoms with E-state index in [4.69, 9.17) is 4.84 Å². The van der Waals surface area contributed by atoms with Crippen LogP contribution in [0.1, 0.15) is 61.3 Å². The van der Waals surface area contributed by atoms with Crippen LogP contribution in [0.5, 0.6) is 0 Å². The van der Waals surface area contributed by atoms with Crippen molar-refractivity contribution >= 4 is 17.2 Å². The van der Waals surface area contributed by atoms with E-state index in [9.17, 15) is 20.0 Å². The van der Waals surface area contributed by atoms with E-state index >= 15 is 0 Å². The van der Waals surface area contributed by atoms with Crippen molar-refractivity contribution in [3.05, 3.63) is 49.8 Å². The lowest BCUT2D eigenvalue weighted by atomic mass is 9.77. The smallest absolute Gasteiger partial charge is 0.275 e. The fourth-order valence-electron chi connectivity index (χ4n) is 3.95. The molecule has 0 aliphatic heterocycles. The quantitative estimate of drug-likeness (QED) is 0.446. The van der Waals surface area contributed by atoms with E-state index in [1.807, 2.05) is 13.8 Å². The Labute approximate surface area is 158 Å². The normalized spacial score (nSPS) is 18.0. The van der Waals surface area contributed by atoms with E-state index in [2.05, 4.69) is 5.16 Å². The molecule has 1 atom stereocenters. The van der Waals surface area contributed by atoms with Gasteiger partial charge in [-0.3, -0.25) is 14.9 Å². The van der Waals surface area contributed by atoms with Gasteiger partial charge < -0.3 is 9.94 Å². The molecule has 0 radical (unpaired) electrons. The van der Waals surface area contributed by atoms with Crippen molar-refractivity contribution in [2.75, 3.05) is 6.61 Å².